The van der Waals surface area contributed by atoms with Gasteiger partial charge in [-0.1, -0.05) is 35.9 Å². The summed E-state index contributed by atoms with van der Waals surface area (Å²) < 4.78 is 15.2. The van der Waals surface area contributed by atoms with Crippen molar-refractivity contribution in [1.29, 1.82) is 0 Å². The Morgan fingerprint density at radius 3 is 2.48 bits per heavy atom. The lowest BCUT2D eigenvalue weighted by molar-refractivity contribution is -0.116. The van der Waals surface area contributed by atoms with Crippen molar-refractivity contribution in [2.45, 2.75) is 33.6 Å². The van der Waals surface area contributed by atoms with E-state index in [9.17, 15) is 9.18 Å². The molecule has 4 aromatic rings. The summed E-state index contributed by atoms with van der Waals surface area (Å²) in [4.78, 5) is 17.2. The molecule has 0 saturated heterocycles. The minimum Gasteiger partial charge on any atom is -0.325 e. The lowest BCUT2D eigenvalue weighted by Crippen LogP contribution is -2.14. The lowest BCUT2D eigenvalue weighted by atomic mass is 10.0. The van der Waals surface area contributed by atoms with Crippen molar-refractivity contribution in [3.05, 3.63) is 82.0 Å². The number of nitrogens with one attached hydrogen (secondary N) is 1. The van der Waals surface area contributed by atoms with Crippen molar-refractivity contribution < 1.29 is 9.18 Å². The standard InChI is InChI=1S/C24H22ClFN4O/c1-14-19(12-13-22(31)28-21-7-5-4-6-20(21)25)16(3)30-24(27-14)23(15(2)29-30)17-8-10-18(26)11-9-17/h4-11H,12-13H2,1-3H3,(H,28,31). The number of hydrogen-bond donors (Lipinski definition) is 1. The highest BCUT2D eigenvalue weighted by Gasteiger charge is 2.18. The average molecular weight is 437 g/mol. The molecule has 1 N–H and O–H groups in total. The molecule has 2 heterocycles. The van der Waals surface area contributed by atoms with Gasteiger partial charge in [0.25, 0.3) is 0 Å². The summed E-state index contributed by atoms with van der Waals surface area (Å²) in [7, 11) is 0. The van der Waals surface area contributed by atoms with Gasteiger partial charge in [-0.3, -0.25) is 4.79 Å². The van der Waals surface area contributed by atoms with Crippen molar-refractivity contribution in [3.63, 3.8) is 0 Å². The second-order valence-corrected chi connectivity index (χ2v) is 7.90. The summed E-state index contributed by atoms with van der Waals surface area (Å²) in [5, 5.41) is 8.02. The molecule has 31 heavy (non-hydrogen) atoms. The second kappa shape index (κ2) is 8.47. The maximum atomic E-state index is 13.4. The first kappa shape index (κ1) is 21.0. The summed E-state index contributed by atoms with van der Waals surface area (Å²) in [6.07, 6.45) is 0.826. The SMILES string of the molecule is Cc1nc2c(-c3ccc(F)cc3)c(C)nn2c(C)c1CCC(=O)Nc1ccccc1Cl. The van der Waals surface area contributed by atoms with Gasteiger partial charge in [0.2, 0.25) is 5.91 Å². The molecule has 0 atom stereocenters. The zero-order valence-corrected chi connectivity index (χ0v) is 18.3. The number of nitrogens with zero attached hydrogens (tertiary/aromatic N) is 3. The number of carbonyl (C=O) groups is 1. The van der Waals surface area contributed by atoms with Crippen LogP contribution in [0, 0.1) is 26.6 Å². The third kappa shape index (κ3) is 4.16. The molecular formula is C24H22ClFN4O. The van der Waals surface area contributed by atoms with Gasteiger partial charge in [-0.15, -0.1) is 0 Å². The van der Waals surface area contributed by atoms with E-state index in [-0.39, 0.29) is 11.7 Å². The topological polar surface area (TPSA) is 59.3 Å². The number of halogens is 2. The Labute approximate surface area is 184 Å². The molecule has 0 bridgehead atoms. The van der Waals surface area contributed by atoms with Gasteiger partial charge in [-0.05, 0) is 62.6 Å². The molecule has 0 aliphatic heterocycles. The van der Waals surface area contributed by atoms with Crippen molar-refractivity contribution >= 4 is 28.8 Å². The molecule has 0 fully saturated rings. The fourth-order valence-corrected chi connectivity index (χ4v) is 3.98. The smallest absolute Gasteiger partial charge is 0.224 e. The average Bonchev–Trinajstić information content (AvgIpc) is 3.06. The lowest BCUT2D eigenvalue weighted by Gasteiger charge is -2.12. The largest absolute Gasteiger partial charge is 0.325 e. The van der Waals surface area contributed by atoms with Crippen LogP contribution in [0.2, 0.25) is 5.02 Å². The number of carbonyl (C=O) groups excluding carboxylic acids is 1. The monoisotopic (exact) mass is 436 g/mol. The van der Waals surface area contributed by atoms with Crippen LogP contribution in [0.15, 0.2) is 48.5 Å². The van der Waals surface area contributed by atoms with Crippen LogP contribution in [0.3, 0.4) is 0 Å². The normalized spacial score (nSPS) is 11.1. The van der Waals surface area contributed by atoms with Gasteiger partial charge in [-0.2, -0.15) is 5.10 Å². The molecular weight excluding hydrogens is 415 g/mol. The highest BCUT2D eigenvalue weighted by Crippen LogP contribution is 2.29. The first-order chi connectivity index (χ1) is 14.8. The Kier molecular flexibility index (Phi) is 5.74. The van der Waals surface area contributed by atoms with E-state index in [0.717, 1.165) is 39.4 Å². The van der Waals surface area contributed by atoms with Gasteiger partial charge in [-0.25, -0.2) is 13.9 Å². The maximum Gasteiger partial charge on any atom is 0.224 e. The number of amides is 1. The van der Waals surface area contributed by atoms with Crippen LogP contribution in [0.25, 0.3) is 16.8 Å². The minimum atomic E-state index is -0.282. The molecule has 5 nitrogen and oxygen atoms in total. The number of aromatic nitrogens is 3. The zero-order valence-electron chi connectivity index (χ0n) is 17.5. The third-order valence-electron chi connectivity index (χ3n) is 5.38. The molecule has 2 aromatic carbocycles. The van der Waals surface area contributed by atoms with E-state index >= 15 is 0 Å². The summed E-state index contributed by atoms with van der Waals surface area (Å²) in [6, 6.07) is 13.5. The predicted molar refractivity (Wildman–Crippen MR) is 121 cm³/mol. The number of aryl methyl sites for hydroxylation is 3. The number of para-hydroxylation sites is 1. The fourth-order valence-electron chi connectivity index (χ4n) is 3.80. The van der Waals surface area contributed by atoms with Crippen LogP contribution >= 0.6 is 11.6 Å². The molecule has 2 aromatic heterocycles. The first-order valence-corrected chi connectivity index (χ1v) is 10.4. The van der Waals surface area contributed by atoms with Crippen molar-refractivity contribution in [3.8, 4) is 11.1 Å². The van der Waals surface area contributed by atoms with Crippen LogP contribution in [-0.4, -0.2) is 20.5 Å². The predicted octanol–water partition coefficient (Wildman–Crippen LogP) is 5.69. The van der Waals surface area contributed by atoms with Gasteiger partial charge in [0.1, 0.15) is 5.82 Å². The first-order valence-electron chi connectivity index (χ1n) is 10.0. The molecule has 0 unspecified atom stereocenters. The summed E-state index contributed by atoms with van der Waals surface area (Å²) in [6.45, 7) is 5.83. The van der Waals surface area contributed by atoms with E-state index in [2.05, 4.69) is 10.4 Å². The number of benzene rings is 2. The summed E-state index contributed by atoms with van der Waals surface area (Å²) in [5.41, 5.74) is 6.65. The van der Waals surface area contributed by atoms with Gasteiger partial charge in [0.15, 0.2) is 5.65 Å². The van der Waals surface area contributed by atoms with Gasteiger partial charge in [0, 0.05) is 23.4 Å². The molecule has 0 radical (unpaired) electrons. The van der Waals surface area contributed by atoms with E-state index in [0.29, 0.717) is 23.6 Å². The van der Waals surface area contributed by atoms with Crippen molar-refractivity contribution in [2.24, 2.45) is 0 Å². The fraction of sp³-hybridized carbons (Fsp3) is 0.208. The third-order valence-corrected chi connectivity index (χ3v) is 5.71. The van der Waals surface area contributed by atoms with Gasteiger partial charge >= 0.3 is 0 Å². The van der Waals surface area contributed by atoms with Gasteiger partial charge in [0.05, 0.1) is 16.4 Å². The van der Waals surface area contributed by atoms with Crippen LogP contribution in [-0.2, 0) is 11.2 Å². The Balaban J connectivity index is 1.62. The number of rotatable bonds is 5. The van der Waals surface area contributed by atoms with Gasteiger partial charge < -0.3 is 5.32 Å². The number of hydrogen-bond acceptors (Lipinski definition) is 3. The highest BCUT2D eigenvalue weighted by atomic mass is 35.5. The quantitative estimate of drug-likeness (QED) is 0.437. The van der Waals surface area contributed by atoms with Crippen LogP contribution in [0.5, 0.6) is 0 Å². The van der Waals surface area contributed by atoms with E-state index in [1.54, 1.807) is 24.3 Å². The van der Waals surface area contributed by atoms with Crippen molar-refractivity contribution in [2.75, 3.05) is 5.32 Å². The minimum absolute atomic E-state index is 0.115. The van der Waals surface area contributed by atoms with Crippen LogP contribution in [0.1, 0.15) is 29.1 Å². The van der Waals surface area contributed by atoms with E-state index in [1.807, 2.05) is 37.4 Å². The molecule has 0 saturated carbocycles. The zero-order chi connectivity index (χ0) is 22.1. The maximum absolute atomic E-state index is 13.4. The Morgan fingerprint density at radius 2 is 1.77 bits per heavy atom. The molecule has 0 spiro atoms. The highest BCUT2D eigenvalue weighted by molar-refractivity contribution is 6.33. The van der Waals surface area contributed by atoms with E-state index < -0.39 is 0 Å². The molecule has 158 valence electrons. The Morgan fingerprint density at radius 1 is 1.06 bits per heavy atom. The Hall–Kier alpha value is -3.25. The Bertz CT molecular complexity index is 1280. The summed E-state index contributed by atoms with van der Waals surface area (Å²) >= 11 is 6.12. The molecule has 4 rings (SSSR count). The molecule has 0 aliphatic carbocycles. The molecule has 7 heteroatoms. The molecule has 0 aliphatic rings. The number of fused-ring (bicyclic) bond motifs is 1. The summed E-state index contributed by atoms with van der Waals surface area (Å²) in [5.74, 6) is -0.397. The van der Waals surface area contributed by atoms with E-state index in [4.69, 9.17) is 16.6 Å². The second-order valence-electron chi connectivity index (χ2n) is 7.49. The van der Waals surface area contributed by atoms with Crippen molar-refractivity contribution in [1.82, 2.24) is 14.6 Å². The van der Waals surface area contributed by atoms with E-state index in [1.165, 1.54) is 12.1 Å². The molecule has 1 amide bonds. The van der Waals surface area contributed by atoms with Crippen LogP contribution in [0.4, 0.5) is 10.1 Å². The number of anilines is 1. The van der Waals surface area contributed by atoms with Crippen LogP contribution < -0.4 is 5.32 Å².